The monoisotopic (exact) mass is 439 g/mol. The Balaban J connectivity index is 1.38. The molecule has 1 aromatic rings. The van der Waals surface area contributed by atoms with Gasteiger partial charge in [-0.25, -0.2) is 12.8 Å². The van der Waals surface area contributed by atoms with Crippen molar-refractivity contribution in [2.24, 2.45) is 23.2 Å². The van der Waals surface area contributed by atoms with Crippen LogP contribution >= 0.6 is 0 Å². The Morgan fingerprint density at radius 3 is 2.47 bits per heavy atom. The number of halogens is 1. The highest BCUT2D eigenvalue weighted by Gasteiger charge is 2.43. The van der Waals surface area contributed by atoms with Crippen LogP contribution in [0.1, 0.15) is 52.9 Å². The van der Waals surface area contributed by atoms with Gasteiger partial charge in [-0.05, 0) is 61.0 Å². The largest absolute Gasteiger partial charge is 0.493 e. The Morgan fingerprint density at radius 2 is 1.90 bits per heavy atom. The second-order valence-electron chi connectivity index (χ2n) is 10.1. The van der Waals surface area contributed by atoms with Gasteiger partial charge < -0.3 is 9.64 Å². The number of ether oxygens (including phenoxy) is 1. The number of carbonyl (C=O) groups is 1. The number of rotatable bonds is 7. The number of benzene rings is 1. The Morgan fingerprint density at radius 1 is 1.23 bits per heavy atom. The molecule has 1 saturated carbocycles. The molecule has 2 unspecified atom stereocenters. The molecule has 2 atom stereocenters. The first-order valence-electron chi connectivity index (χ1n) is 10.8. The molecule has 1 aliphatic carbocycles. The van der Waals surface area contributed by atoms with Gasteiger partial charge in [-0.1, -0.05) is 20.8 Å². The van der Waals surface area contributed by atoms with E-state index in [-0.39, 0.29) is 16.2 Å². The minimum atomic E-state index is -3.57. The van der Waals surface area contributed by atoms with Crippen molar-refractivity contribution in [2.75, 3.05) is 26.0 Å². The van der Waals surface area contributed by atoms with E-state index < -0.39 is 15.7 Å². The number of amides is 1. The lowest BCUT2D eigenvalue weighted by Crippen LogP contribution is -2.40. The Bertz CT molecular complexity index is 870. The Hall–Kier alpha value is -1.63. The van der Waals surface area contributed by atoms with E-state index >= 15 is 0 Å². The SMILES string of the molecule is CC(C)(C)CC(=O)N1CCC(C2CC2CCOc2ccc(S(C)(=O)=O)c(F)c2)CC1. The zero-order valence-electron chi connectivity index (χ0n) is 18.5. The quantitative estimate of drug-likeness (QED) is 0.635. The molecule has 1 saturated heterocycles. The lowest BCUT2D eigenvalue weighted by molar-refractivity contribution is -0.134. The van der Waals surface area contributed by atoms with Crippen LogP contribution in [0.25, 0.3) is 0 Å². The summed E-state index contributed by atoms with van der Waals surface area (Å²) in [7, 11) is -3.57. The first kappa shape index (κ1) is 23.0. The summed E-state index contributed by atoms with van der Waals surface area (Å²) in [5, 5.41) is 0. The number of nitrogens with zero attached hydrogens (tertiary/aromatic N) is 1. The van der Waals surface area contributed by atoms with Crippen molar-refractivity contribution in [1.82, 2.24) is 4.90 Å². The minimum absolute atomic E-state index is 0.0313. The molecule has 0 aromatic heterocycles. The van der Waals surface area contributed by atoms with Crippen LogP contribution in [0.5, 0.6) is 5.75 Å². The maximum absolute atomic E-state index is 13.9. The van der Waals surface area contributed by atoms with E-state index in [2.05, 4.69) is 20.8 Å². The highest BCUT2D eigenvalue weighted by molar-refractivity contribution is 7.90. The van der Waals surface area contributed by atoms with Crippen LogP contribution in [0.4, 0.5) is 4.39 Å². The predicted molar refractivity (Wildman–Crippen MR) is 115 cm³/mol. The fraction of sp³-hybridized carbons (Fsp3) is 0.696. The van der Waals surface area contributed by atoms with E-state index in [1.165, 1.54) is 18.6 Å². The van der Waals surface area contributed by atoms with Crippen molar-refractivity contribution in [3.8, 4) is 5.75 Å². The smallest absolute Gasteiger partial charge is 0.223 e. The summed E-state index contributed by atoms with van der Waals surface area (Å²) < 4.78 is 42.5. The third kappa shape index (κ3) is 6.19. The maximum Gasteiger partial charge on any atom is 0.223 e. The minimum Gasteiger partial charge on any atom is -0.493 e. The summed E-state index contributed by atoms with van der Waals surface area (Å²) in [6, 6.07) is 3.91. The first-order valence-corrected chi connectivity index (χ1v) is 12.7. The number of hydrogen-bond acceptors (Lipinski definition) is 4. The maximum atomic E-state index is 13.9. The highest BCUT2D eigenvalue weighted by Crippen LogP contribution is 2.49. The topological polar surface area (TPSA) is 63.7 Å². The van der Waals surface area contributed by atoms with Gasteiger partial charge in [0.05, 0.1) is 6.61 Å². The average Bonchev–Trinajstić information content (AvgIpc) is 3.39. The zero-order chi connectivity index (χ0) is 22.1. The van der Waals surface area contributed by atoms with Crippen LogP contribution in [0.2, 0.25) is 0 Å². The number of likely N-dealkylation sites (tertiary alicyclic amines) is 1. The van der Waals surface area contributed by atoms with Crippen molar-refractivity contribution < 1.29 is 22.3 Å². The van der Waals surface area contributed by atoms with E-state index in [0.717, 1.165) is 44.7 Å². The van der Waals surface area contributed by atoms with Crippen molar-refractivity contribution >= 4 is 15.7 Å². The van der Waals surface area contributed by atoms with E-state index in [4.69, 9.17) is 4.74 Å². The van der Waals surface area contributed by atoms with Gasteiger partial charge in [0.15, 0.2) is 9.84 Å². The van der Waals surface area contributed by atoms with Crippen LogP contribution in [0.15, 0.2) is 23.1 Å². The van der Waals surface area contributed by atoms with Gasteiger partial charge in [-0.15, -0.1) is 0 Å². The van der Waals surface area contributed by atoms with Crippen molar-refractivity contribution in [3.63, 3.8) is 0 Å². The summed E-state index contributed by atoms with van der Waals surface area (Å²) in [5.74, 6) is 1.88. The summed E-state index contributed by atoms with van der Waals surface area (Å²) in [5.41, 5.74) is 0.0313. The van der Waals surface area contributed by atoms with E-state index in [9.17, 15) is 17.6 Å². The number of carbonyl (C=O) groups excluding carboxylic acids is 1. The highest BCUT2D eigenvalue weighted by atomic mass is 32.2. The molecule has 1 aliphatic heterocycles. The molecule has 1 aromatic carbocycles. The van der Waals surface area contributed by atoms with Gasteiger partial charge in [-0.2, -0.15) is 0 Å². The molecule has 7 heteroatoms. The lowest BCUT2D eigenvalue weighted by Gasteiger charge is -2.34. The third-order valence-electron chi connectivity index (χ3n) is 6.22. The molecule has 1 heterocycles. The molecule has 168 valence electrons. The molecule has 1 amide bonds. The van der Waals surface area contributed by atoms with Gasteiger partial charge in [0, 0.05) is 31.8 Å². The summed E-state index contributed by atoms with van der Waals surface area (Å²) in [6.07, 6.45) is 5.87. The fourth-order valence-electron chi connectivity index (χ4n) is 4.52. The van der Waals surface area contributed by atoms with Gasteiger partial charge in [0.2, 0.25) is 5.91 Å². The van der Waals surface area contributed by atoms with Crippen LogP contribution in [-0.2, 0) is 14.6 Å². The van der Waals surface area contributed by atoms with Gasteiger partial charge in [0.1, 0.15) is 16.5 Å². The molecular weight excluding hydrogens is 405 g/mol. The van der Waals surface area contributed by atoms with Crippen molar-refractivity contribution in [3.05, 3.63) is 24.0 Å². The lowest BCUT2D eigenvalue weighted by atomic mass is 9.88. The molecule has 0 bridgehead atoms. The molecule has 2 fully saturated rings. The Kier molecular flexibility index (Phi) is 6.80. The van der Waals surface area contributed by atoms with E-state index in [1.807, 2.05) is 4.90 Å². The standard InChI is InChI=1S/C23H34FNO4S/c1-23(2,3)15-22(26)25-10-7-16(8-11-25)19-13-17(19)9-12-29-18-5-6-21(20(24)14-18)30(4,27)28/h5-6,14,16-17,19H,7-13,15H2,1-4H3. The van der Waals surface area contributed by atoms with E-state index in [0.29, 0.717) is 36.5 Å². The van der Waals surface area contributed by atoms with Crippen LogP contribution < -0.4 is 4.74 Å². The molecule has 0 spiro atoms. The number of piperidine rings is 1. The molecular formula is C23H34FNO4S. The van der Waals surface area contributed by atoms with Crippen LogP contribution in [0, 0.1) is 29.0 Å². The fourth-order valence-corrected chi connectivity index (χ4v) is 5.25. The summed E-state index contributed by atoms with van der Waals surface area (Å²) >= 11 is 0. The van der Waals surface area contributed by atoms with Crippen LogP contribution in [0.3, 0.4) is 0 Å². The average molecular weight is 440 g/mol. The van der Waals surface area contributed by atoms with E-state index in [1.54, 1.807) is 0 Å². The molecule has 3 rings (SSSR count). The first-order chi connectivity index (χ1) is 13.9. The molecule has 0 radical (unpaired) electrons. The van der Waals surface area contributed by atoms with Gasteiger partial charge >= 0.3 is 0 Å². The van der Waals surface area contributed by atoms with Crippen molar-refractivity contribution in [2.45, 2.75) is 57.8 Å². The molecule has 30 heavy (non-hydrogen) atoms. The number of hydrogen-bond donors (Lipinski definition) is 0. The van der Waals surface area contributed by atoms with Gasteiger partial charge in [-0.3, -0.25) is 4.79 Å². The predicted octanol–water partition coefficient (Wildman–Crippen LogP) is 4.31. The molecule has 0 N–H and O–H groups in total. The Labute approximate surface area is 179 Å². The normalized spacial score (nSPS) is 22.8. The van der Waals surface area contributed by atoms with Crippen LogP contribution in [-0.4, -0.2) is 45.2 Å². The van der Waals surface area contributed by atoms with Crippen molar-refractivity contribution in [1.29, 1.82) is 0 Å². The second-order valence-corrected chi connectivity index (χ2v) is 12.1. The molecule has 2 aliphatic rings. The third-order valence-corrected chi connectivity index (χ3v) is 7.35. The summed E-state index contributed by atoms with van der Waals surface area (Å²) in [6.45, 7) is 8.53. The summed E-state index contributed by atoms with van der Waals surface area (Å²) in [4.78, 5) is 14.1. The second kappa shape index (κ2) is 8.85. The van der Waals surface area contributed by atoms with Gasteiger partial charge in [0.25, 0.3) is 0 Å². The zero-order valence-corrected chi connectivity index (χ0v) is 19.3. The number of sulfone groups is 1. The molecule has 5 nitrogen and oxygen atoms in total.